The van der Waals surface area contributed by atoms with Crippen molar-refractivity contribution in [2.45, 2.75) is 40.2 Å². The topological polar surface area (TPSA) is 102 Å². The molecular weight excluding hydrogens is 296 g/mol. The third-order valence-corrected chi connectivity index (χ3v) is 3.92. The molecule has 1 heterocycles. The van der Waals surface area contributed by atoms with Crippen LogP contribution in [0.3, 0.4) is 0 Å². The third kappa shape index (κ3) is 2.72. The van der Waals surface area contributed by atoms with Crippen molar-refractivity contribution in [3.63, 3.8) is 0 Å². The summed E-state index contributed by atoms with van der Waals surface area (Å²) >= 11 is 0. The van der Waals surface area contributed by atoms with Crippen LogP contribution in [0.2, 0.25) is 0 Å². The summed E-state index contributed by atoms with van der Waals surface area (Å²) in [5.41, 5.74) is 5.83. The van der Waals surface area contributed by atoms with Gasteiger partial charge in [-0.2, -0.15) is 0 Å². The molecule has 0 aliphatic heterocycles. The highest BCUT2D eigenvalue weighted by atomic mass is 16.3. The number of aromatic nitrogens is 1. The summed E-state index contributed by atoms with van der Waals surface area (Å²) in [6.07, 6.45) is 1.10. The summed E-state index contributed by atoms with van der Waals surface area (Å²) in [4.78, 5) is 36.1. The number of benzene rings is 1. The highest BCUT2D eigenvalue weighted by Crippen LogP contribution is 2.29. The molecule has 0 saturated carbocycles. The molecule has 2 rings (SSSR count). The molecule has 0 bridgehead atoms. The van der Waals surface area contributed by atoms with Crippen molar-refractivity contribution in [2.75, 3.05) is 0 Å². The van der Waals surface area contributed by atoms with Crippen molar-refractivity contribution in [3.05, 3.63) is 39.2 Å². The maximum atomic E-state index is 12.3. The standard InChI is InChI=1S/C17H20N2O4/c1-4-6-13(20)10-8-11-12(7-9(10)3)19(5-2)17(23)14(15(11)21)16(18)22/h7-8,21H,4-6H2,1-3H3,(H2,18,22). The van der Waals surface area contributed by atoms with E-state index >= 15 is 0 Å². The summed E-state index contributed by atoms with van der Waals surface area (Å²) in [6.45, 7) is 5.77. The maximum absolute atomic E-state index is 12.3. The molecule has 3 N–H and O–H groups in total. The van der Waals surface area contributed by atoms with Crippen LogP contribution in [0.1, 0.15) is 53.0 Å². The first-order valence-electron chi connectivity index (χ1n) is 7.56. The van der Waals surface area contributed by atoms with Crippen LogP contribution in [0.5, 0.6) is 5.75 Å². The Bertz CT molecular complexity index is 865. The number of fused-ring (bicyclic) bond motifs is 1. The second kappa shape index (κ2) is 6.24. The number of primary amides is 1. The number of aromatic hydroxyl groups is 1. The minimum atomic E-state index is -0.987. The van der Waals surface area contributed by atoms with Gasteiger partial charge in [0.15, 0.2) is 5.78 Å². The zero-order valence-electron chi connectivity index (χ0n) is 13.5. The zero-order valence-corrected chi connectivity index (χ0v) is 13.5. The Hall–Kier alpha value is -2.63. The van der Waals surface area contributed by atoms with Gasteiger partial charge in [-0.15, -0.1) is 0 Å². The quantitative estimate of drug-likeness (QED) is 0.825. The van der Waals surface area contributed by atoms with Gasteiger partial charge in [-0.25, -0.2) is 0 Å². The van der Waals surface area contributed by atoms with E-state index in [2.05, 4.69) is 0 Å². The molecule has 1 aromatic heterocycles. The van der Waals surface area contributed by atoms with Crippen LogP contribution in [0.15, 0.2) is 16.9 Å². The molecule has 1 amide bonds. The van der Waals surface area contributed by atoms with Crippen LogP contribution in [-0.2, 0) is 6.54 Å². The van der Waals surface area contributed by atoms with Gasteiger partial charge in [0.25, 0.3) is 11.5 Å². The number of carbonyl (C=O) groups is 2. The fourth-order valence-corrected chi connectivity index (χ4v) is 2.78. The van der Waals surface area contributed by atoms with Crippen molar-refractivity contribution < 1.29 is 14.7 Å². The molecular formula is C17H20N2O4. The van der Waals surface area contributed by atoms with Crippen LogP contribution in [0.4, 0.5) is 0 Å². The first kappa shape index (κ1) is 16.7. The zero-order chi connectivity index (χ0) is 17.3. The Morgan fingerprint density at radius 2 is 1.91 bits per heavy atom. The average Bonchev–Trinajstić information content (AvgIpc) is 2.47. The van der Waals surface area contributed by atoms with E-state index < -0.39 is 22.8 Å². The normalized spacial score (nSPS) is 10.9. The van der Waals surface area contributed by atoms with Gasteiger partial charge in [0.1, 0.15) is 11.3 Å². The van der Waals surface area contributed by atoms with Gasteiger partial charge in [-0.1, -0.05) is 6.92 Å². The highest BCUT2D eigenvalue weighted by Gasteiger charge is 2.21. The SMILES string of the molecule is CCCC(=O)c1cc2c(O)c(C(N)=O)c(=O)n(CC)c2cc1C. The molecule has 122 valence electrons. The number of carbonyl (C=O) groups excluding carboxylic acids is 2. The largest absolute Gasteiger partial charge is 0.506 e. The van der Waals surface area contributed by atoms with Gasteiger partial charge >= 0.3 is 0 Å². The average molecular weight is 316 g/mol. The molecule has 0 aliphatic carbocycles. The molecule has 6 heteroatoms. The Morgan fingerprint density at radius 3 is 2.43 bits per heavy atom. The molecule has 1 aromatic carbocycles. The fraction of sp³-hybridized carbons (Fsp3) is 0.353. The molecule has 0 aliphatic rings. The van der Waals surface area contributed by atoms with Crippen molar-refractivity contribution >= 4 is 22.6 Å². The second-order valence-corrected chi connectivity index (χ2v) is 5.49. The number of hydrogen-bond donors (Lipinski definition) is 2. The number of ketones is 1. The van der Waals surface area contributed by atoms with Gasteiger partial charge in [-0.3, -0.25) is 14.4 Å². The molecule has 0 radical (unpaired) electrons. The van der Waals surface area contributed by atoms with E-state index in [0.29, 0.717) is 30.5 Å². The molecule has 23 heavy (non-hydrogen) atoms. The van der Waals surface area contributed by atoms with Crippen LogP contribution < -0.4 is 11.3 Å². The van der Waals surface area contributed by atoms with Gasteiger partial charge in [-0.05, 0) is 38.0 Å². The van der Waals surface area contributed by atoms with Gasteiger partial charge < -0.3 is 15.4 Å². The van der Waals surface area contributed by atoms with Crippen LogP contribution in [0.25, 0.3) is 10.9 Å². The van der Waals surface area contributed by atoms with E-state index in [-0.39, 0.29) is 11.2 Å². The van der Waals surface area contributed by atoms with Crippen molar-refractivity contribution in [3.8, 4) is 5.75 Å². The van der Waals surface area contributed by atoms with Crippen LogP contribution in [-0.4, -0.2) is 21.4 Å². The third-order valence-electron chi connectivity index (χ3n) is 3.92. The number of nitrogens with zero attached hydrogens (tertiary/aromatic N) is 1. The first-order chi connectivity index (χ1) is 10.8. The lowest BCUT2D eigenvalue weighted by atomic mass is 9.97. The molecule has 0 fully saturated rings. The smallest absolute Gasteiger partial charge is 0.267 e. The molecule has 0 atom stereocenters. The molecule has 0 spiro atoms. The number of rotatable bonds is 5. The molecule has 2 aromatic rings. The number of hydrogen-bond acceptors (Lipinski definition) is 4. The summed E-state index contributed by atoms with van der Waals surface area (Å²) in [7, 11) is 0. The minimum Gasteiger partial charge on any atom is -0.506 e. The maximum Gasteiger partial charge on any atom is 0.267 e. The van der Waals surface area contributed by atoms with E-state index in [0.717, 1.165) is 5.56 Å². The van der Waals surface area contributed by atoms with E-state index in [1.54, 1.807) is 19.9 Å². The van der Waals surface area contributed by atoms with Crippen molar-refractivity contribution in [1.29, 1.82) is 0 Å². The van der Waals surface area contributed by atoms with E-state index in [9.17, 15) is 19.5 Å². The van der Waals surface area contributed by atoms with Crippen molar-refractivity contribution in [2.24, 2.45) is 5.73 Å². The lowest BCUT2D eigenvalue weighted by Crippen LogP contribution is -2.29. The predicted octanol–water partition coefficient (Wildman–Crippen LogP) is 2.12. The highest BCUT2D eigenvalue weighted by molar-refractivity contribution is 6.05. The fourth-order valence-electron chi connectivity index (χ4n) is 2.78. The number of amides is 1. The molecule has 6 nitrogen and oxygen atoms in total. The molecule has 0 unspecified atom stereocenters. The number of pyridine rings is 1. The number of aryl methyl sites for hydroxylation is 2. The van der Waals surface area contributed by atoms with Crippen LogP contribution in [0, 0.1) is 6.92 Å². The van der Waals surface area contributed by atoms with Crippen molar-refractivity contribution in [1.82, 2.24) is 4.57 Å². The van der Waals surface area contributed by atoms with E-state index in [1.165, 1.54) is 10.6 Å². The van der Waals surface area contributed by atoms with Crippen LogP contribution >= 0.6 is 0 Å². The lowest BCUT2D eigenvalue weighted by molar-refractivity contribution is 0.0978. The predicted molar refractivity (Wildman–Crippen MR) is 88.0 cm³/mol. The lowest BCUT2D eigenvalue weighted by Gasteiger charge is -2.15. The number of nitrogens with two attached hydrogens (primary N) is 1. The number of Topliss-reactive ketones (excluding diaryl/α,β-unsaturated/α-hetero) is 1. The van der Waals surface area contributed by atoms with E-state index in [1.807, 2.05) is 6.92 Å². The monoisotopic (exact) mass is 316 g/mol. The Morgan fingerprint density at radius 1 is 1.26 bits per heavy atom. The van der Waals surface area contributed by atoms with Gasteiger partial charge in [0.2, 0.25) is 0 Å². The summed E-state index contributed by atoms with van der Waals surface area (Å²) in [5.74, 6) is -1.49. The Balaban J connectivity index is 2.93. The first-order valence-corrected chi connectivity index (χ1v) is 7.56. The minimum absolute atomic E-state index is 0.0406. The Kier molecular flexibility index (Phi) is 4.54. The summed E-state index contributed by atoms with van der Waals surface area (Å²) in [5, 5.41) is 10.6. The summed E-state index contributed by atoms with van der Waals surface area (Å²) in [6, 6.07) is 3.23. The Labute approximate surface area is 133 Å². The molecule has 0 saturated heterocycles. The van der Waals surface area contributed by atoms with Gasteiger partial charge in [0.05, 0.1) is 5.52 Å². The van der Waals surface area contributed by atoms with E-state index in [4.69, 9.17) is 5.73 Å². The second-order valence-electron chi connectivity index (χ2n) is 5.49. The van der Waals surface area contributed by atoms with Gasteiger partial charge in [0, 0.05) is 23.9 Å². The summed E-state index contributed by atoms with van der Waals surface area (Å²) < 4.78 is 1.37.